The number of benzene rings is 1. The van der Waals surface area contributed by atoms with Gasteiger partial charge < -0.3 is 25.2 Å². The third kappa shape index (κ3) is 2.02. The molecule has 1 atom stereocenters. The number of phenols is 2. The predicted octanol–water partition coefficient (Wildman–Crippen LogP) is 0.329. The smallest absolute Gasteiger partial charge is 0.260 e. The van der Waals surface area contributed by atoms with E-state index in [-0.39, 0.29) is 23.2 Å². The Balaban J connectivity index is 1.94. The number of nitrogens with one attached hydrogen (secondary N) is 1. The minimum atomic E-state index is -1.13. The molecule has 100 valence electrons. The van der Waals surface area contributed by atoms with Crippen LogP contribution in [0.5, 0.6) is 11.5 Å². The molecule has 4 N–H and O–H groups in total. The molecule has 0 spiro atoms. The van der Waals surface area contributed by atoms with E-state index in [1.54, 1.807) is 6.07 Å². The van der Waals surface area contributed by atoms with Crippen LogP contribution in [0.15, 0.2) is 22.7 Å². The number of aliphatic hydroxyl groups is 1. The van der Waals surface area contributed by atoms with E-state index in [9.17, 15) is 15.3 Å². The molecule has 1 unspecified atom stereocenters. The lowest BCUT2D eigenvalue weighted by atomic mass is 10.0. The molecule has 1 saturated heterocycles. The number of β-amino-alcohol motifs (C(OH)–C–C–N with tert-alkyl or cyclic N) is 1. The number of nitrogens with zero attached hydrogens (tertiary/aromatic N) is 2. The Kier molecular flexibility index (Phi) is 2.65. The highest BCUT2D eigenvalue weighted by atomic mass is 16.5. The zero-order valence-electron chi connectivity index (χ0n) is 10.00. The zero-order valence-corrected chi connectivity index (χ0v) is 10.00. The van der Waals surface area contributed by atoms with Gasteiger partial charge in [-0.1, -0.05) is 5.16 Å². The van der Waals surface area contributed by atoms with Crippen molar-refractivity contribution in [3.8, 4) is 22.9 Å². The predicted molar refractivity (Wildman–Crippen MR) is 64.4 cm³/mol. The fraction of sp³-hybridized carbons (Fsp3) is 0.333. The number of aromatic nitrogens is 2. The molecule has 1 aliphatic rings. The van der Waals surface area contributed by atoms with Gasteiger partial charge in [-0.15, -0.1) is 0 Å². The molecule has 1 aromatic carbocycles. The minimum Gasteiger partial charge on any atom is -0.504 e. The summed E-state index contributed by atoms with van der Waals surface area (Å²) in [4.78, 5) is 4.14. The number of hydrogen-bond acceptors (Lipinski definition) is 7. The summed E-state index contributed by atoms with van der Waals surface area (Å²) in [5.41, 5.74) is -0.635. The second-order valence-electron chi connectivity index (χ2n) is 4.58. The molecular weight excluding hydrogens is 250 g/mol. The molecule has 0 amide bonds. The van der Waals surface area contributed by atoms with Crippen molar-refractivity contribution in [2.75, 3.05) is 13.1 Å². The Bertz CT molecular complexity index is 605. The number of phenolic OH excluding ortho intramolecular Hbond substituents is 2. The van der Waals surface area contributed by atoms with Crippen LogP contribution in [0, 0.1) is 0 Å². The van der Waals surface area contributed by atoms with Gasteiger partial charge >= 0.3 is 0 Å². The van der Waals surface area contributed by atoms with Gasteiger partial charge in [-0.3, -0.25) is 0 Å². The van der Waals surface area contributed by atoms with Crippen LogP contribution in [0.4, 0.5) is 0 Å². The maximum Gasteiger partial charge on any atom is 0.260 e. The number of rotatable bonds is 2. The van der Waals surface area contributed by atoms with E-state index in [2.05, 4.69) is 15.5 Å². The van der Waals surface area contributed by atoms with Crippen molar-refractivity contribution in [3.05, 3.63) is 24.1 Å². The first kappa shape index (κ1) is 11.9. The van der Waals surface area contributed by atoms with Crippen LogP contribution in [0.1, 0.15) is 12.3 Å². The average molecular weight is 263 g/mol. The minimum absolute atomic E-state index is 0.153. The second-order valence-corrected chi connectivity index (χ2v) is 4.58. The SMILES string of the molecule is Oc1ccc(-c2noc(C3(O)CCNC3)n2)cc1O. The monoisotopic (exact) mass is 263 g/mol. The third-order valence-electron chi connectivity index (χ3n) is 3.19. The molecule has 0 saturated carbocycles. The molecule has 0 bridgehead atoms. The van der Waals surface area contributed by atoms with Crippen LogP contribution >= 0.6 is 0 Å². The van der Waals surface area contributed by atoms with Crippen LogP contribution < -0.4 is 5.32 Å². The van der Waals surface area contributed by atoms with Crippen molar-refractivity contribution in [1.82, 2.24) is 15.5 Å². The van der Waals surface area contributed by atoms with E-state index in [0.29, 0.717) is 25.1 Å². The van der Waals surface area contributed by atoms with Crippen molar-refractivity contribution in [3.63, 3.8) is 0 Å². The van der Waals surface area contributed by atoms with Crippen LogP contribution in [0.2, 0.25) is 0 Å². The van der Waals surface area contributed by atoms with Gasteiger partial charge in [0.25, 0.3) is 5.89 Å². The van der Waals surface area contributed by atoms with E-state index in [0.717, 1.165) is 0 Å². The van der Waals surface area contributed by atoms with Crippen LogP contribution in [-0.2, 0) is 5.60 Å². The largest absolute Gasteiger partial charge is 0.504 e. The van der Waals surface area contributed by atoms with Crippen LogP contribution in [0.3, 0.4) is 0 Å². The normalized spacial score (nSPS) is 22.8. The fourth-order valence-corrected chi connectivity index (χ4v) is 2.05. The molecule has 7 heteroatoms. The van der Waals surface area contributed by atoms with E-state index < -0.39 is 5.60 Å². The summed E-state index contributed by atoms with van der Waals surface area (Å²) < 4.78 is 5.08. The van der Waals surface area contributed by atoms with Gasteiger partial charge in [-0.25, -0.2) is 0 Å². The van der Waals surface area contributed by atoms with Gasteiger partial charge in [0.2, 0.25) is 5.82 Å². The topological polar surface area (TPSA) is 112 Å². The van der Waals surface area contributed by atoms with Crippen molar-refractivity contribution in [2.45, 2.75) is 12.0 Å². The Morgan fingerprint density at radius 2 is 2.11 bits per heavy atom. The van der Waals surface area contributed by atoms with Gasteiger partial charge in [0.1, 0.15) is 0 Å². The first-order valence-corrected chi connectivity index (χ1v) is 5.88. The molecule has 1 aromatic heterocycles. The average Bonchev–Trinajstić information content (AvgIpc) is 3.02. The zero-order chi connectivity index (χ0) is 13.5. The summed E-state index contributed by atoms with van der Waals surface area (Å²) in [6.45, 7) is 1.06. The Hall–Kier alpha value is -2.12. The Morgan fingerprint density at radius 3 is 2.79 bits per heavy atom. The van der Waals surface area contributed by atoms with Crippen molar-refractivity contribution in [1.29, 1.82) is 0 Å². The fourth-order valence-electron chi connectivity index (χ4n) is 2.05. The summed E-state index contributed by atoms with van der Waals surface area (Å²) >= 11 is 0. The lowest BCUT2D eigenvalue weighted by Gasteiger charge is -2.14. The maximum absolute atomic E-state index is 10.3. The van der Waals surface area contributed by atoms with E-state index in [1.807, 2.05) is 0 Å². The molecule has 3 rings (SSSR count). The lowest BCUT2D eigenvalue weighted by molar-refractivity contribution is 0.0243. The van der Waals surface area contributed by atoms with Gasteiger partial charge in [0.05, 0.1) is 0 Å². The molecular formula is C12H13N3O4. The maximum atomic E-state index is 10.3. The standard InChI is InChI=1S/C12H13N3O4/c16-8-2-1-7(5-9(8)17)10-14-11(19-15-10)12(18)3-4-13-6-12/h1-2,5,13,16-18H,3-4,6H2. The Morgan fingerprint density at radius 1 is 1.26 bits per heavy atom. The highest BCUT2D eigenvalue weighted by Gasteiger charge is 2.38. The summed E-state index contributed by atoms with van der Waals surface area (Å²) in [6, 6.07) is 4.23. The molecule has 2 aromatic rings. The van der Waals surface area contributed by atoms with E-state index >= 15 is 0 Å². The van der Waals surface area contributed by atoms with Gasteiger partial charge in [0, 0.05) is 12.1 Å². The van der Waals surface area contributed by atoms with E-state index in [4.69, 9.17) is 4.52 Å². The van der Waals surface area contributed by atoms with Crippen molar-refractivity contribution in [2.24, 2.45) is 0 Å². The quantitative estimate of drug-likeness (QED) is 0.577. The van der Waals surface area contributed by atoms with Crippen molar-refractivity contribution >= 4 is 0 Å². The number of hydrogen-bond donors (Lipinski definition) is 4. The van der Waals surface area contributed by atoms with Gasteiger partial charge in [-0.05, 0) is 31.2 Å². The Labute approximate surface area is 108 Å². The molecule has 2 heterocycles. The highest BCUT2D eigenvalue weighted by molar-refractivity contribution is 5.60. The molecule has 0 radical (unpaired) electrons. The van der Waals surface area contributed by atoms with E-state index in [1.165, 1.54) is 12.1 Å². The highest BCUT2D eigenvalue weighted by Crippen LogP contribution is 2.31. The summed E-state index contributed by atoms with van der Waals surface area (Å²) in [5, 5.41) is 35.8. The van der Waals surface area contributed by atoms with Crippen LogP contribution in [-0.4, -0.2) is 38.5 Å². The molecule has 1 fully saturated rings. The summed E-state index contributed by atoms with van der Waals surface area (Å²) in [6.07, 6.45) is 0.509. The van der Waals surface area contributed by atoms with Crippen molar-refractivity contribution < 1.29 is 19.8 Å². The van der Waals surface area contributed by atoms with Crippen LogP contribution in [0.25, 0.3) is 11.4 Å². The lowest BCUT2D eigenvalue weighted by Crippen LogP contribution is -2.28. The first-order valence-electron chi connectivity index (χ1n) is 5.88. The molecule has 0 aliphatic carbocycles. The first-order chi connectivity index (χ1) is 9.08. The summed E-state index contributed by atoms with van der Waals surface area (Å²) in [5.74, 6) is -0.0677. The molecule has 7 nitrogen and oxygen atoms in total. The van der Waals surface area contributed by atoms with Gasteiger partial charge in [0.15, 0.2) is 17.1 Å². The molecule has 1 aliphatic heterocycles. The summed E-state index contributed by atoms with van der Waals surface area (Å²) in [7, 11) is 0. The molecule has 19 heavy (non-hydrogen) atoms. The third-order valence-corrected chi connectivity index (χ3v) is 3.19. The number of aromatic hydroxyl groups is 2. The second kappa shape index (κ2) is 4.22. The van der Waals surface area contributed by atoms with Gasteiger partial charge in [-0.2, -0.15) is 4.98 Å².